The first-order valence-electron chi connectivity index (χ1n) is 4.07. The zero-order valence-electron chi connectivity index (χ0n) is 7.52. The quantitative estimate of drug-likeness (QED) is 0.893. The van der Waals surface area contributed by atoms with Crippen LogP contribution in [0.25, 0.3) is 0 Å². The predicted molar refractivity (Wildman–Crippen MR) is 59.3 cm³/mol. The minimum atomic E-state index is -0.483. The van der Waals surface area contributed by atoms with E-state index in [0.717, 1.165) is 0 Å². The highest BCUT2D eigenvalue weighted by Crippen LogP contribution is 2.31. The number of aliphatic hydroxyl groups excluding tert-OH is 1. The lowest BCUT2D eigenvalue weighted by molar-refractivity contribution is 0.208. The van der Waals surface area contributed by atoms with Crippen LogP contribution in [0.1, 0.15) is 6.92 Å². The molecule has 1 aromatic rings. The zero-order chi connectivity index (χ0) is 10.7. The van der Waals surface area contributed by atoms with E-state index in [-0.39, 0.29) is 5.02 Å². The van der Waals surface area contributed by atoms with E-state index in [4.69, 9.17) is 16.7 Å². The smallest absolute Gasteiger partial charge is 0.125 e. The summed E-state index contributed by atoms with van der Waals surface area (Å²) in [6.45, 7) is 2.02. The fourth-order valence-corrected chi connectivity index (χ4v) is 1.92. The molecule has 14 heavy (non-hydrogen) atoms. The van der Waals surface area contributed by atoms with Gasteiger partial charge in [0, 0.05) is 11.0 Å². The Morgan fingerprint density at radius 1 is 1.64 bits per heavy atom. The SMILES string of the molecule is CC(O)CNc1c(Cl)cc(F)cc1Br. The lowest BCUT2D eigenvalue weighted by Crippen LogP contribution is -2.15. The fraction of sp³-hybridized carbons (Fsp3) is 0.333. The van der Waals surface area contributed by atoms with Gasteiger partial charge in [0.2, 0.25) is 0 Å². The molecule has 0 fully saturated rings. The van der Waals surface area contributed by atoms with E-state index in [1.165, 1.54) is 12.1 Å². The number of hydrogen-bond donors (Lipinski definition) is 2. The maximum Gasteiger partial charge on any atom is 0.125 e. The molecule has 1 aromatic carbocycles. The van der Waals surface area contributed by atoms with Crippen LogP contribution < -0.4 is 5.32 Å². The molecule has 0 aliphatic heterocycles. The minimum absolute atomic E-state index is 0.289. The van der Waals surface area contributed by atoms with Gasteiger partial charge in [-0.05, 0) is 35.0 Å². The first kappa shape index (κ1) is 11.8. The third kappa shape index (κ3) is 3.12. The summed E-state index contributed by atoms with van der Waals surface area (Å²) in [4.78, 5) is 0. The van der Waals surface area contributed by atoms with Gasteiger partial charge in [-0.3, -0.25) is 0 Å². The Labute approximate surface area is 95.2 Å². The molecule has 0 saturated heterocycles. The Morgan fingerprint density at radius 2 is 2.29 bits per heavy atom. The van der Waals surface area contributed by atoms with Crippen molar-refractivity contribution in [2.24, 2.45) is 0 Å². The van der Waals surface area contributed by atoms with Crippen molar-refractivity contribution in [3.63, 3.8) is 0 Å². The summed E-state index contributed by atoms with van der Waals surface area (Å²) < 4.78 is 13.4. The number of halogens is 3. The van der Waals surface area contributed by atoms with E-state index in [1.807, 2.05) is 0 Å². The molecule has 0 amide bonds. The van der Waals surface area contributed by atoms with Crippen molar-refractivity contribution >= 4 is 33.2 Å². The molecule has 1 atom stereocenters. The maximum atomic E-state index is 12.8. The van der Waals surface area contributed by atoms with Crippen LogP contribution in [0.2, 0.25) is 5.02 Å². The highest BCUT2D eigenvalue weighted by molar-refractivity contribution is 9.10. The molecule has 0 heterocycles. The van der Waals surface area contributed by atoms with Crippen molar-refractivity contribution in [2.45, 2.75) is 13.0 Å². The zero-order valence-corrected chi connectivity index (χ0v) is 9.86. The van der Waals surface area contributed by atoms with Crippen LogP contribution >= 0.6 is 27.5 Å². The molecule has 0 bridgehead atoms. The molecule has 1 rings (SSSR count). The normalized spacial score (nSPS) is 12.6. The van der Waals surface area contributed by atoms with Gasteiger partial charge in [0.05, 0.1) is 16.8 Å². The molecule has 2 N–H and O–H groups in total. The van der Waals surface area contributed by atoms with Gasteiger partial charge >= 0.3 is 0 Å². The minimum Gasteiger partial charge on any atom is -0.392 e. The van der Waals surface area contributed by atoms with Gasteiger partial charge in [-0.25, -0.2) is 4.39 Å². The second-order valence-corrected chi connectivity index (χ2v) is 4.24. The van der Waals surface area contributed by atoms with Gasteiger partial charge in [-0.2, -0.15) is 0 Å². The monoisotopic (exact) mass is 281 g/mol. The molecular formula is C9H10BrClFNO. The summed E-state index contributed by atoms with van der Waals surface area (Å²) in [5, 5.41) is 12.3. The van der Waals surface area contributed by atoms with Gasteiger partial charge in [0.25, 0.3) is 0 Å². The molecule has 2 nitrogen and oxygen atoms in total. The number of hydrogen-bond acceptors (Lipinski definition) is 2. The number of nitrogens with one attached hydrogen (secondary N) is 1. The molecular weight excluding hydrogens is 272 g/mol. The van der Waals surface area contributed by atoms with Crippen molar-refractivity contribution < 1.29 is 9.50 Å². The van der Waals surface area contributed by atoms with Gasteiger partial charge in [-0.1, -0.05) is 11.6 Å². The molecule has 5 heteroatoms. The van der Waals surface area contributed by atoms with E-state index in [1.54, 1.807) is 6.92 Å². The van der Waals surface area contributed by atoms with Crippen molar-refractivity contribution in [3.8, 4) is 0 Å². The van der Waals surface area contributed by atoms with Crippen molar-refractivity contribution in [3.05, 3.63) is 27.4 Å². The number of benzene rings is 1. The van der Waals surface area contributed by atoms with Gasteiger partial charge in [0.1, 0.15) is 5.82 Å². The van der Waals surface area contributed by atoms with E-state index in [9.17, 15) is 4.39 Å². The molecule has 78 valence electrons. The van der Waals surface area contributed by atoms with Gasteiger partial charge in [0.15, 0.2) is 0 Å². The Bertz CT molecular complexity index is 310. The molecule has 0 aliphatic carbocycles. The summed E-state index contributed by atoms with van der Waals surface area (Å²) in [5.74, 6) is -0.399. The Hall–Kier alpha value is -0.320. The van der Waals surface area contributed by atoms with Crippen LogP contribution in [0.4, 0.5) is 10.1 Å². The van der Waals surface area contributed by atoms with E-state index in [2.05, 4.69) is 21.2 Å². The second-order valence-electron chi connectivity index (χ2n) is 2.97. The van der Waals surface area contributed by atoms with Crippen molar-refractivity contribution in [1.29, 1.82) is 0 Å². The lowest BCUT2D eigenvalue weighted by Gasteiger charge is -2.11. The largest absolute Gasteiger partial charge is 0.392 e. The Morgan fingerprint density at radius 3 is 2.79 bits per heavy atom. The topological polar surface area (TPSA) is 32.3 Å². The van der Waals surface area contributed by atoms with Gasteiger partial charge < -0.3 is 10.4 Å². The Kier molecular flexibility index (Phi) is 4.16. The van der Waals surface area contributed by atoms with E-state index < -0.39 is 11.9 Å². The number of rotatable bonds is 3. The van der Waals surface area contributed by atoms with Crippen LogP contribution in [0.15, 0.2) is 16.6 Å². The summed E-state index contributed by atoms with van der Waals surface area (Å²) >= 11 is 8.98. The third-order valence-corrected chi connectivity index (χ3v) is 2.50. The Balaban J connectivity index is 2.86. The van der Waals surface area contributed by atoms with Crippen LogP contribution in [0.5, 0.6) is 0 Å². The summed E-state index contributed by atoms with van der Waals surface area (Å²) in [5.41, 5.74) is 0.592. The highest BCUT2D eigenvalue weighted by atomic mass is 79.9. The van der Waals surface area contributed by atoms with Crippen LogP contribution in [-0.2, 0) is 0 Å². The summed E-state index contributed by atoms with van der Waals surface area (Å²) in [6, 6.07) is 2.53. The molecule has 0 aromatic heterocycles. The maximum absolute atomic E-state index is 12.8. The van der Waals surface area contributed by atoms with E-state index >= 15 is 0 Å². The van der Waals surface area contributed by atoms with E-state index in [0.29, 0.717) is 16.7 Å². The van der Waals surface area contributed by atoms with Crippen molar-refractivity contribution in [1.82, 2.24) is 0 Å². The van der Waals surface area contributed by atoms with Crippen LogP contribution in [-0.4, -0.2) is 17.8 Å². The third-order valence-electron chi connectivity index (χ3n) is 1.58. The molecule has 0 saturated carbocycles. The molecule has 0 aliphatic rings. The van der Waals surface area contributed by atoms with Crippen molar-refractivity contribution in [2.75, 3.05) is 11.9 Å². The number of anilines is 1. The second kappa shape index (κ2) is 4.96. The first-order chi connectivity index (χ1) is 6.50. The van der Waals surface area contributed by atoms with Crippen LogP contribution in [0.3, 0.4) is 0 Å². The lowest BCUT2D eigenvalue weighted by atomic mass is 10.3. The summed E-state index contributed by atoms with van der Waals surface area (Å²) in [6.07, 6.45) is -0.483. The standard InChI is InChI=1S/C9H10BrClFNO/c1-5(14)4-13-9-7(10)2-6(12)3-8(9)11/h2-3,5,13-14H,4H2,1H3. The highest BCUT2D eigenvalue weighted by Gasteiger charge is 2.08. The fourth-order valence-electron chi connectivity index (χ4n) is 0.961. The summed E-state index contributed by atoms with van der Waals surface area (Å²) in [7, 11) is 0. The average Bonchev–Trinajstić information content (AvgIpc) is 2.01. The predicted octanol–water partition coefficient (Wildman–Crippen LogP) is 3.03. The molecule has 1 unspecified atom stereocenters. The molecule has 0 spiro atoms. The van der Waals surface area contributed by atoms with Crippen LogP contribution in [0, 0.1) is 5.82 Å². The first-order valence-corrected chi connectivity index (χ1v) is 5.24. The average molecular weight is 283 g/mol. The molecule has 0 radical (unpaired) electrons. The number of aliphatic hydroxyl groups is 1. The van der Waals surface area contributed by atoms with Gasteiger partial charge in [-0.15, -0.1) is 0 Å².